The van der Waals surface area contributed by atoms with Crippen LogP contribution in [0.3, 0.4) is 0 Å². The molecule has 0 aliphatic heterocycles. The van der Waals surface area contributed by atoms with E-state index in [-0.39, 0.29) is 0 Å². The summed E-state index contributed by atoms with van der Waals surface area (Å²) < 4.78 is 6.26. The Balaban J connectivity index is 1.71. The zero-order valence-electron chi connectivity index (χ0n) is 14.2. The van der Waals surface area contributed by atoms with Crippen molar-refractivity contribution in [2.75, 3.05) is 0 Å². The van der Waals surface area contributed by atoms with Gasteiger partial charge in [0.2, 0.25) is 5.89 Å². The van der Waals surface area contributed by atoms with Crippen molar-refractivity contribution in [3.8, 4) is 22.8 Å². The molecule has 5 rings (SSSR count). The summed E-state index contributed by atoms with van der Waals surface area (Å²) in [5.41, 5.74) is 6.69. The fourth-order valence-electron chi connectivity index (χ4n) is 3.50. The molecule has 1 heterocycles. The largest absolute Gasteiger partial charge is 0.435 e. The van der Waals surface area contributed by atoms with E-state index in [9.17, 15) is 0 Å². The lowest BCUT2D eigenvalue weighted by Gasteiger charge is -2.05. The summed E-state index contributed by atoms with van der Waals surface area (Å²) in [6, 6.07) is 28.8. The Bertz CT molecular complexity index is 1090. The van der Waals surface area contributed by atoms with Crippen molar-refractivity contribution in [3.05, 3.63) is 108 Å². The molecule has 0 spiro atoms. The van der Waals surface area contributed by atoms with E-state index >= 15 is 0 Å². The minimum absolute atomic E-state index is 0.657. The first-order chi connectivity index (χ1) is 12.9. The van der Waals surface area contributed by atoms with Crippen LogP contribution in [0.15, 0.2) is 95.4 Å². The van der Waals surface area contributed by atoms with Gasteiger partial charge >= 0.3 is 0 Å². The van der Waals surface area contributed by atoms with Crippen molar-refractivity contribution < 1.29 is 4.42 Å². The van der Waals surface area contributed by atoms with Gasteiger partial charge in [-0.3, -0.25) is 0 Å². The summed E-state index contributed by atoms with van der Waals surface area (Å²) in [6.45, 7) is 0. The molecular weight excluding hydrogens is 318 g/mol. The summed E-state index contributed by atoms with van der Waals surface area (Å²) in [7, 11) is 0. The molecule has 0 unspecified atom stereocenters. The maximum Gasteiger partial charge on any atom is 0.227 e. The van der Waals surface area contributed by atoms with Crippen LogP contribution >= 0.6 is 0 Å². The van der Waals surface area contributed by atoms with Crippen molar-refractivity contribution in [1.82, 2.24) is 4.98 Å². The van der Waals surface area contributed by atoms with E-state index in [1.807, 2.05) is 48.5 Å². The maximum absolute atomic E-state index is 6.26. The van der Waals surface area contributed by atoms with Crippen molar-refractivity contribution in [2.24, 2.45) is 0 Å². The Labute approximate surface area is 152 Å². The number of rotatable bonds is 3. The SMILES string of the molecule is C1=C(c2nc(-c3ccccc3)oc2-c2ccccc2)c2ccccc2C1. The molecule has 26 heavy (non-hydrogen) atoms. The summed E-state index contributed by atoms with van der Waals surface area (Å²) in [4.78, 5) is 4.90. The molecule has 1 aromatic heterocycles. The van der Waals surface area contributed by atoms with Crippen LogP contribution in [0.1, 0.15) is 16.8 Å². The third-order valence-electron chi connectivity index (χ3n) is 4.77. The average molecular weight is 335 g/mol. The highest BCUT2D eigenvalue weighted by atomic mass is 16.4. The summed E-state index contributed by atoms with van der Waals surface area (Å²) >= 11 is 0. The number of fused-ring (bicyclic) bond motifs is 1. The van der Waals surface area contributed by atoms with Crippen LogP contribution in [0.5, 0.6) is 0 Å². The minimum Gasteiger partial charge on any atom is -0.435 e. The van der Waals surface area contributed by atoms with Gasteiger partial charge in [-0.25, -0.2) is 4.98 Å². The Morgan fingerprint density at radius 2 is 1.35 bits per heavy atom. The molecular formula is C24H17NO. The summed E-state index contributed by atoms with van der Waals surface area (Å²) in [6.07, 6.45) is 3.19. The van der Waals surface area contributed by atoms with Gasteiger partial charge in [-0.2, -0.15) is 0 Å². The second-order valence-electron chi connectivity index (χ2n) is 6.41. The van der Waals surface area contributed by atoms with Crippen LogP contribution < -0.4 is 0 Å². The van der Waals surface area contributed by atoms with Crippen LogP contribution in [0.4, 0.5) is 0 Å². The molecule has 0 radical (unpaired) electrons. The molecule has 1 aliphatic rings. The monoisotopic (exact) mass is 335 g/mol. The molecule has 124 valence electrons. The van der Waals surface area contributed by atoms with Gasteiger partial charge in [-0.15, -0.1) is 0 Å². The first-order valence-electron chi connectivity index (χ1n) is 8.80. The predicted octanol–water partition coefficient (Wildman–Crippen LogP) is 6.00. The molecule has 1 aliphatic carbocycles. The molecule has 2 nitrogen and oxygen atoms in total. The number of nitrogens with zero attached hydrogens (tertiary/aromatic N) is 1. The number of benzene rings is 3. The standard InChI is InChI=1S/C24H17NO/c1-3-10-18(11-4-1)23-22(21-16-15-17-9-7-8-14-20(17)21)25-24(26-23)19-12-5-2-6-13-19/h1-14,16H,15H2. The zero-order valence-corrected chi connectivity index (χ0v) is 14.2. The summed E-state index contributed by atoms with van der Waals surface area (Å²) in [5, 5.41) is 0. The van der Waals surface area contributed by atoms with Gasteiger partial charge < -0.3 is 4.42 Å². The zero-order chi connectivity index (χ0) is 17.3. The lowest BCUT2D eigenvalue weighted by Crippen LogP contribution is -1.90. The Kier molecular flexibility index (Phi) is 3.53. The third-order valence-corrected chi connectivity index (χ3v) is 4.77. The smallest absolute Gasteiger partial charge is 0.227 e. The van der Waals surface area contributed by atoms with Crippen LogP contribution in [0.2, 0.25) is 0 Å². The number of hydrogen-bond donors (Lipinski definition) is 0. The van der Waals surface area contributed by atoms with E-state index in [0.717, 1.165) is 34.6 Å². The van der Waals surface area contributed by atoms with Crippen molar-refractivity contribution >= 4 is 5.57 Å². The molecule has 0 bridgehead atoms. The van der Waals surface area contributed by atoms with Crippen molar-refractivity contribution in [1.29, 1.82) is 0 Å². The highest BCUT2D eigenvalue weighted by Crippen LogP contribution is 2.39. The van der Waals surface area contributed by atoms with Crippen molar-refractivity contribution in [3.63, 3.8) is 0 Å². The lowest BCUT2D eigenvalue weighted by atomic mass is 10.0. The van der Waals surface area contributed by atoms with Crippen LogP contribution in [-0.4, -0.2) is 4.98 Å². The Hall–Kier alpha value is -3.39. The topological polar surface area (TPSA) is 26.0 Å². The van der Waals surface area contributed by atoms with Crippen LogP contribution in [0.25, 0.3) is 28.4 Å². The normalized spacial score (nSPS) is 12.7. The Morgan fingerprint density at radius 1 is 0.692 bits per heavy atom. The third kappa shape index (κ3) is 2.47. The van der Waals surface area contributed by atoms with E-state index in [1.165, 1.54) is 11.1 Å². The molecule has 3 aromatic carbocycles. The Morgan fingerprint density at radius 3 is 2.12 bits per heavy atom. The number of aromatic nitrogens is 1. The molecule has 2 heteroatoms. The fourth-order valence-corrected chi connectivity index (χ4v) is 3.50. The number of oxazole rings is 1. The number of allylic oxidation sites excluding steroid dienone is 1. The van der Waals surface area contributed by atoms with Gasteiger partial charge in [0, 0.05) is 16.7 Å². The maximum atomic E-state index is 6.26. The van der Waals surface area contributed by atoms with E-state index < -0.39 is 0 Å². The average Bonchev–Trinajstić information content (AvgIpc) is 3.34. The quantitative estimate of drug-likeness (QED) is 0.459. The van der Waals surface area contributed by atoms with Gasteiger partial charge in [0.1, 0.15) is 5.69 Å². The lowest BCUT2D eigenvalue weighted by molar-refractivity contribution is 0.588. The number of hydrogen-bond acceptors (Lipinski definition) is 2. The van der Waals surface area contributed by atoms with Gasteiger partial charge in [-0.1, -0.05) is 78.9 Å². The summed E-state index contributed by atoms with van der Waals surface area (Å²) in [5.74, 6) is 1.48. The highest BCUT2D eigenvalue weighted by molar-refractivity contribution is 5.89. The van der Waals surface area contributed by atoms with Gasteiger partial charge in [0.05, 0.1) is 0 Å². The molecule has 0 fully saturated rings. The first kappa shape index (κ1) is 14.9. The van der Waals surface area contributed by atoms with Gasteiger partial charge in [0.25, 0.3) is 0 Å². The highest BCUT2D eigenvalue weighted by Gasteiger charge is 2.24. The molecule has 0 saturated heterocycles. The molecule has 0 amide bonds. The van der Waals surface area contributed by atoms with Gasteiger partial charge in [0.15, 0.2) is 5.76 Å². The van der Waals surface area contributed by atoms with Crippen LogP contribution in [-0.2, 0) is 6.42 Å². The fraction of sp³-hybridized carbons (Fsp3) is 0.0417. The van der Waals surface area contributed by atoms with E-state index in [4.69, 9.17) is 9.40 Å². The molecule has 0 N–H and O–H groups in total. The minimum atomic E-state index is 0.657. The van der Waals surface area contributed by atoms with Gasteiger partial charge in [-0.05, 0) is 29.7 Å². The van der Waals surface area contributed by atoms with Crippen LogP contribution in [0, 0.1) is 0 Å². The van der Waals surface area contributed by atoms with E-state index in [1.54, 1.807) is 0 Å². The van der Waals surface area contributed by atoms with E-state index in [2.05, 4.69) is 42.5 Å². The molecule has 0 saturated carbocycles. The molecule has 4 aromatic rings. The first-order valence-corrected chi connectivity index (χ1v) is 8.80. The predicted molar refractivity (Wildman–Crippen MR) is 105 cm³/mol. The second-order valence-corrected chi connectivity index (χ2v) is 6.41. The second kappa shape index (κ2) is 6.16. The van der Waals surface area contributed by atoms with E-state index in [0.29, 0.717) is 5.89 Å². The molecule has 0 atom stereocenters. The van der Waals surface area contributed by atoms with Crippen molar-refractivity contribution in [2.45, 2.75) is 6.42 Å².